The van der Waals surface area contributed by atoms with Gasteiger partial charge in [0.15, 0.2) is 0 Å². The van der Waals surface area contributed by atoms with Gasteiger partial charge in [0.2, 0.25) is 11.8 Å². The topological polar surface area (TPSA) is 53.5 Å². The molecule has 21 heavy (non-hydrogen) atoms. The van der Waals surface area contributed by atoms with Crippen LogP contribution in [0.25, 0.3) is 0 Å². The van der Waals surface area contributed by atoms with Crippen molar-refractivity contribution < 1.29 is 9.59 Å². The Bertz CT molecular complexity index is 557. The van der Waals surface area contributed by atoms with Crippen LogP contribution in [-0.4, -0.2) is 46.7 Å². The maximum absolute atomic E-state index is 12.8. The van der Waals surface area contributed by atoms with Crippen molar-refractivity contribution >= 4 is 23.2 Å². The summed E-state index contributed by atoms with van der Waals surface area (Å²) in [6, 6.07) is 0.103. The molecule has 0 radical (unpaired) electrons. The zero-order valence-corrected chi connectivity index (χ0v) is 13.4. The Balaban J connectivity index is 1.78. The van der Waals surface area contributed by atoms with Gasteiger partial charge in [-0.1, -0.05) is 0 Å². The third-order valence-corrected chi connectivity index (χ3v) is 5.46. The third kappa shape index (κ3) is 2.81. The SMILES string of the molecule is Cc1csc([C@H]2CCCCN2C(=O)[C@@H]2CC(=O)N(C)C2)n1. The van der Waals surface area contributed by atoms with Gasteiger partial charge >= 0.3 is 0 Å². The van der Waals surface area contributed by atoms with Crippen LogP contribution in [0, 0.1) is 12.8 Å². The quantitative estimate of drug-likeness (QED) is 0.839. The van der Waals surface area contributed by atoms with Gasteiger partial charge in [-0.3, -0.25) is 9.59 Å². The molecule has 2 fully saturated rings. The van der Waals surface area contributed by atoms with Crippen molar-refractivity contribution in [2.45, 2.75) is 38.6 Å². The first-order valence-corrected chi connectivity index (χ1v) is 8.40. The van der Waals surface area contributed by atoms with Crippen molar-refractivity contribution in [3.63, 3.8) is 0 Å². The van der Waals surface area contributed by atoms with Crippen LogP contribution in [0.1, 0.15) is 42.4 Å². The fourth-order valence-electron chi connectivity index (χ4n) is 3.24. The second kappa shape index (κ2) is 5.75. The molecule has 2 aliphatic rings. The van der Waals surface area contributed by atoms with Crippen LogP contribution in [0.5, 0.6) is 0 Å². The third-order valence-electron chi connectivity index (χ3n) is 4.40. The van der Waals surface area contributed by atoms with Crippen LogP contribution in [0.2, 0.25) is 0 Å². The summed E-state index contributed by atoms with van der Waals surface area (Å²) in [4.78, 5) is 32.7. The number of likely N-dealkylation sites (tertiary alicyclic amines) is 2. The Morgan fingerprint density at radius 3 is 2.86 bits per heavy atom. The standard InChI is InChI=1S/C15H21N3O2S/c1-10-9-21-14(16-10)12-5-3-4-6-18(12)15(20)11-7-13(19)17(2)8-11/h9,11-12H,3-8H2,1-2H3/t11-,12-/m1/s1. The molecule has 2 aliphatic heterocycles. The van der Waals surface area contributed by atoms with Gasteiger partial charge in [0, 0.05) is 37.6 Å². The minimum atomic E-state index is -0.177. The molecule has 0 saturated carbocycles. The predicted molar refractivity (Wildman–Crippen MR) is 80.9 cm³/mol. The molecule has 2 amide bonds. The Hall–Kier alpha value is -1.43. The number of carbonyl (C=O) groups excluding carboxylic acids is 2. The van der Waals surface area contributed by atoms with Crippen LogP contribution in [0.15, 0.2) is 5.38 Å². The molecule has 0 bridgehead atoms. The van der Waals surface area contributed by atoms with Crippen LogP contribution in [-0.2, 0) is 9.59 Å². The van der Waals surface area contributed by atoms with Crippen molar-refractivity contribution in [2.24, 2.45) is 5.92 Å². The lowest BCUT2D eigenvalue weighted by Crippen LogP contribution is -2.42. The Kier molecular flexibility index (Phi) is 3.97. The maximum atomic E-state index is 12.8. The van der Waals surface area contributed by atoms with Crippen molar-refractivity contribution in [2.75, 3.05) is 20.1 Å². The van der Waals surface area contributed by atoms with Crippen LogP contribution in [0.3, 0.4) is 0 Å². The lowest BCUT2D eigenvalue weighted by molar-refractivity contribution is -0.139. The van der Waals surface area contributed by atoms with Gasteiger partial charge < -0.3 is 9.80 Å². The van der Waals surface area contributed by atoms with Gasteiger partial charge in [0.25, 0.3) is 0 Å². The first-order valence-electron chi connectivity index (χ1n) is 7.52. The maximum Gasteiger partial charge on any atom is 0.228 e. The number of rotatable bonds is 2. The number of nitrogens with zero attached hydrogens (tertiary/aromatic N) is 3. The molecule has 1 aromatic heterocycles. The van der Waals surface area contributed by atoms with Gasteiger partial charge in [-0.25, -0.2) is 4.98 Å². The monoisotopic (exact) mass is 307 g/mol. The molecule has 6 heteroatoms. The highest BCUT2D eigenvalue weighted by Crippen LogP contribution is 2.34. The molecule has 3 heterocycles. The average Bonchev–Trinajstić information content (AvgIpc) is 3.05. The van der Waals surface area contributed by atoms with Gasteiger partial charge in [-0.2, -0.15) is 0 Å². The van der Waals surface area contributed by atoms with E-state index < -0.39 is 0 Å². The summed E-state index contributed by atoms with van der Waals surface area (Å²) >= 11 is 1.64. The van der Waals surface area contributed by atoms with Crippen LogP contribution in [0.4, 0.5) is 0 Å². The van der Waals surface area contributed by atoms with Crippen molar-refractivity contribution in [1.29, 1.82) is 0 Å². The Morgan fingerprint density at radius 1 is 1.43 bits per heavy atom. The van der Waals surface area contributed by atoms with Crippen molar-refractivity contribution in [1.82, 2.24) is 14.8 Å². The molecule has 1 aromatic rings. The molecule has 0 unspecified atom stereocenters. The lowest BCUT2D eigenvalue weighted by Gasteiger charge is -2.36. The van der Waals surface area contributed by atoms with E-state index in [4.69, 9.17) is 0 Å². The fraction of sp³-hybridized carbons (Fsp3) is 0.667. The van der Waals surface area contributed by atoms with Gasteiger partial charge in [-0.05, 0) is 26.2 Å². The van der Waals surface area contributed by atoms with E-state index in [1.165, 1.54) is 0 Å². The highest BCUT2D eigenvalue weighted by Gasteiger charge is 2.38. The van der Waals surface area contributed by atoms with Crippen molar-refractivity contribution in [3.05, 3.63) is 16.1 Å². The number of thiazole rings is 1. The van der Waals surface area contributed by atoms with E-state index in [0.717, 1.165) is 36.5 Å². The van der Waals surface area contributed by atoms with E-state index >= 15 is 0 Å². The second-order valence-electron chi connectivity index (χ2n) is 6.05. The molecule has 0 aromatic carbocycles. The zero-order valence-electron chi connectivity index (χ0n) is 12.5. The van der Waals surface area contributed by atoms with E-state index in [1.807, 2.05) is 17.2 Å². The van der Waals surface area contributed by atoms with E-state index in [-0.39, 0.29) is 23.8 Å². The summed E-state index contributed by atoms with van der Waals surface area (Å²) in [6.45, 7) is 3.33. The normalized spacial score (nSPS) is 26.5. The van der Waals surface area contributed by atoms with Gasteiger partial charge in [0.1, 0.15) is 5.01 Å². The molecule has 2 atom stereocenters. The fourth-order valence-corrected chi connectivity index (χ4v) is 4.18. The molecule has 114 valence electrons. The molecule has 2 saturated heterocycles. The Labute approximate surface area is 129 Å². The molecule has 5 nitrogen and oxygen atoms in total. The van der Waals surface area contributed by atoms with Crippen molar-refractivity contribution in [3.8, 4) is 0 Å². The summed E-state index contributed by atoms with van der Waals surface area (Å²) in [5.41, 5.74) is 1.02. The number of amides is 2. The summed E-state index contributed by atoms with van der Waals surface area (Å²) < 4.78 is 0. The number of hydrogen-bond acceptors (Lipinski definition) is 4. The van der Waals surface area contributed by atoms with Gasteiger partial charge in [-0.15, -0.1) is 11.3 Å². The second-order valence-corrected chi connectivity index (χ2v) is 6.94. The highest BCUT2D eigenvalue weighted by molar-refractivity contribution is 7.09. The highest BCUT2D eigenvalue weighted by atomic mass is 32.1. The lowest BCUT2D eigenvalue weighted by atomic mass is 9.99. The van der Waals surface area contributed by atoms with Crippen LogP contribution < -0.4 is 0 Å². The first-order chi connectivity index (χ1) is 10.1. The Morgan fingerprint density at radius 2 is 2.24 bits per heavy atom. The minimum Gasteiger partial charge on any atom is -0.345 e. The summed E-state index contributed by atoms with van der Waals surface area (Å²) in [6.07, 6.45) is 3.52. The van der Waals surface area contributed by atoms with E-state index in [9.17, 15) is 9.59 Å². The van der Waals surface area contributed by atoms with Crippen LogP contribution >= 0.6 is 11.3 Å². The molecule has 0 spiro atoms. The number of aryl methyl sites for hydroxylation is 1. The molecule has 3 rings (SSSR count). The zero-order chi connectivity index (χ0) is 15.0. The summed E-state index contributed by atoms with van der Waals surface area (Å²) in [5.74, 6) is 0.0291. The average molecular weight is 307 g/mol. The van der Waals surface area contributed by atoms with E-state index in [2.05, 4.69) is 4.98 Å². The summed E-state index contributed by atoms with van der Waals surface area (Å²) in [5, 5.41) is 3.08. The smallest absolute Gasteiger partial charge is 0.228 e. The van der Waals surface area contributed by atoms with E-state index in [0.29, 0.717) is 13.0 Å². The first kappa shape index (κ1) is 14.5. The number of carbonyl (C=O) groups is 2. The number of piperidine rings is 1. The minimum absolute atomic E-state index is 0.0759. The summed E-state index contributed by atoms with van der Waals surface area (Å²) in [7, 11) is 1.77. The molecule has 0 aliphatic carbocycles. The van der Waals surface area contributed by atoms with E-state index in [1.54, 1.807) is 23.3 Å². The largest absolute Gasteiger partial charge is 0.345 e. The number of aromatic nitrogens is 1. The van der Waals surface area contributed by atoms with Gasteiger partial charge in [0.05, 0.1) is 12.0 Å². The number of hydrogen-bond donors (Lipinski definition) is 0. The molecular weight excluding hydrogens is 286 g/mol. The molecular formula is C15H21N3O2S. The molecule has 0 N–H and O–H groups in total. The predicted octanol–water partition coefficient (Wildman–Crippen LogP) is 1.98.